The highest BCUT2D eigenvalue weighted by Gasteiger charge is 2.08. The minimum absolute atomic E-state index is 0.171. The molecule has 0 spiro atoms. The number of ketones is 1. The first-order valence-corrected chi connectivity index (χ1v) is 6.00. The first-order valence-electron chi connectivity index (χ1n) is 4.50. The van der Waals surface area contributed by atoms with Gasteiger partial charge >= 0.3 is 0 Å². The number of aryl methyl sites for hydroxylation is 1. The van der Waals surface area contributed by atoms with E-state index in [1.54, 1.807) is 12.1 Å². The Kier molecular flexibility index (Phi) is 4.63. The largest absolute Gasteiger partial charge is 0.294 e. The molecule has 0 unspecified atom stereocenters. The van der Waals surface area contributed by atoms with Crippen LogP contribution in [0.5, 0.6) is 0 Å². The van der Waals surface area contributed by atoms with Gasteiger partial charge < -0.3 is 0 Å². The molecule has 1 aromatic rings. The van der Waals surface area contributed by atoms with Gasteiger partial charge in [-0.15, -0.1) is 0 Å². The molecule has 14 heavy (non-hydrogen) atoms. The van der Waals surface area contributed by atoms with Crippen LogP contribution in [0.25, 0.3) is 0 Å². The van der Waals surface area contributed by atoms with Crippen LogP contribution in [0, 0.1) is 6.92 Å². The number of alkyl halides is 1. The highest BCUT2D eigenvalue weighted by Crippen LogP contribution is 2.17. The van der Waals surface area contributed by atoms with Gasteiger partial charge in [0.2, 0.25) is 0 Å². The minimum atomic E-state index is 0.171. The van der Waals surface area contributed by atoms with Gasteiger partial charge in [0.1, 0.15) is 0 Å². The third-order valence-electron chi connectivity index (χ3n) is 2.04. The van der Waals surface area contributed by atoms with Crippen molar-refractivity contribution in [1.29, 1.82) is 0 Å². The number of benzene rings is 1. The van der Waals surface area contributed by atoms with E-state index in [-0.39, 0.29) is 5.78 Å². The van der Waals surface area contributed by atoms with Crippen LogP contribution in [0.1, 0.15) is 28.8 Å². The van der Waals surface area contributed by atoms with Gasteiger partial charge in [-0.1, -0.05) is 33.6 Å². The summed E-state index contributed by atoms with van der Waals surface area (Å²) in [5.74, 6) is 0.171. The average molecular weight is 276 g/mol. The van der Waals surface area contributed by atoms with Crippen molar-refractivity contribution in [2.45, 2.75) is 19.8 Å². The van der Waals surface area contributed by atoms with Gasteiger partial charge in [0.15, 0.2) is 5.78 Å². The van der Waals surface area contributed by atoms with Crippen LogP contribution in [0.15, 0.2) is 18.2 Å². The Morgan fingerprint density at radius 3 is 2.86 bits per heavy atom. The molecule has 0 amide bonds. The first-order chi connectivity index (χ1) is 6.65. The number of hydrogen-bond acceptors (Lipinski definition) is 1. The molecule has 1 rings (SSSR count). The summed E-state index contributed by atoms with van der Waals surface area (Å²) in [4.78, 5) is 11.7. The molecule has 0 aliphatic carbocycles. The Balaban J connectivity index is 2.83. The molecule has 1 nitrogen and oxygen atoms in total. The maximum absolute atomic E-state index is 11.7. The lowest BCUT2D eigenvalue weighted by Gasteiger charge is -2.04. The zero-order valence-electron chi connectivity index (χ0n) is 8.02. The van der Waals surface area contributed by atoms with Crippen LogP contribution in [-0.2, 0) is 0 Å². The lowest BCUT2D eigenvalue weighted by Crippen LogP contribution is -2.01. The first kappa shape index (κ1) is 11.7. The summed E-state index contributed by atoms with van der Waals surface area (Å²) in [6.45, 7) is 1.93. The lowest BCUT2D eigenvalue weighted by molar-refractivity contribution is 0.0981. The molecule has 0 heterocycles. The molecular weight excluding hydrogens is 263 g/mol. The molecule has 0 aromatic heterocycles. The topological polar surface area (TPSA) is 17.1 Å². The second-order valence-electron chi connectivity index (χ2n) is 3.17. The van der Waals surface area contributed by atoms with E-state index in [0.717, 1.165) is 22.9 Å². The van der Waals surface area contributed by atoms with Gasteiger partial charge in [0.25, 0.3) is 0 Å². The Bertz CT molecular complexity index is 336. The van der Waals surface area contributed by atoms with E-state index in [1.165, 1.54) is 0 Å². The Hall–Kier alpha value is -0.340. The van der Waals surface area contributed by atoms with Crippen LogP contribution in [0.2, 0.25) is 5.02 Å². The fourth-order valence-corrected chi connectivity index (χ4v) is 1.71. The summed E-state index contributed by atoms with van der Waals surface area (Å²) in [6, 6.07) is 5.43. The number of halogens is 2. The van der Waals surface area contributed by atoms with Crippen LogP contribution in [0.3, 0.4) is 0 Å². The maximum Gasteiger partial charge on any atom is 0.163 e. The Morgan fingerprint density at radius 2 is 2.21 bits per heavy atom. The van der Waals surface area contributed by atoms with Crippen LogP contribution in [0.4, 0.5) is 0 Å². The highest BCUT2D eigenvalue weighted by molar-refractivity contribution is 9.09. The van der Waals surface area contributed by atoms with E-state index in [4.69, 9.17) is 11.6 Å². The molecule has 0 aliphatic heterocycles. The number of carbonyl (C=O) groups is 1. The summed E-state index contributed by atoms with van der Waals surface area (Å²) in [7, 11) is 0. The zero-order chi connectivity index (χ0) is 10.6. The summed E-state index contributed by atoms with van der Waals surface area (Å²) in [6.07, 6.45) is 1.44. The van der Waals surface area contributed by atoms with E-state index in [0.29, 0.717) is 11.4 Å². The van der Waals surface area contributed by atoms with Crippen molar-refractivity contribution < 1.29 is 4.79 Å². The van der Waals surface area contributed by atoms with Crippen molar-refractivity contribution in [2.24, 2.45) is 0 Å². The maximum atomic E-state index is 11.7. The normalized spacial score (nSPS) is 10.2. The number of hydrogen-bond donors (Lipinski definition) is 0. The fraction of sp³-hybridized carbons (Fsp3) is 0.364. The summed E-state index contributed by atoms with van der Waals surface area (Å²) < 4.78 is 0. The van der Waals surface area contributed by atoms with Gasteiger partial charge in [-0.25, -0.2) is 0 Å². The summed E-state index contributed by atoms with van der Waals surface area (Å²) in [5.41, 5.74) is 1.74. The van der Waals surface area contributed by atoms with Crippen LogP contribution >= 0.6 is 27.5 Å². The van der Waals surface area contributed by atoms with Crippen molar-refractivity contribution >= 4 is 33.3 Å². The van der Waals surface area contributed by atoms with E-state index in [1.807, 2.05) is 13.0 Å². The summed E-state index contributed by atoms with van der Waals surface area (Å²) in [5, 5.41) is 1.48. The molecule has 76 valence electrons. The van der Waals surface area contributed by atoms with Gasteiger partial charge in [0, 0.05) is 22.3 Å². The molecule has 0 saturated heterocycles. The summed E-state index contributed by atoms with van der Waals surface area (Å²) >= 11 is 9.14. The van der Waals surface area contributed by atoms with Crippen molar-refractivity contribution in [3.05, 3.63) is 34.3 Å². The molecule has 0 fully saturated rings. The number of rotatable bonds is 4. The zero-order valence-corrected chi connectivity index (χ0v) is 10.4. The molecule has 0 atom stereocenters. The predicted octanol–water partition coefficient (Wildman–Crippen LogP) is 4.01. The van der Waals surface area contributed by atoms with Gasteiger partial charge in [-0.3, -0.25) is 4.79 Å². The third kappa shape index (κ3) is 3.10. The van der Waals surface area contributed by atoms with Crippen molar-refractivity contribution in [2.75, 3.05) is 5.33 Å². The monoisotopic (exact) mass is 274 g/mol. The number of Topliss-reactive ketones (excluding diaryl/α,β-unsaturated/α-hetero) is 1. The van der Waals surface area contributed by atoms with Gasteiger partial charge in [-0.2, -0.15) is 0 Å². The predicted molar refractivity (Wildman–Crippen MR) is 63.5 cm³/mol. The fourth-order valence-electron chi connectivity index (χ4n) is 1.26. The molecular formula is C11H12BrClO. The highest BCUT2D eigenvalue weighted by atomic mass is 79.9. The second-order valence-corrected chi connectivity index (χ2v) is 4.40. The van der Waals surface area contributed by atoms with Crippen LogP contribution in [-0.4, -0.2) is 11.1 Å². The molecule has 0 bridgehead atoms. The smallest absolute Gasteiger partial charge is 0.163 e. The van der Waals surface area contributed by atoms with E-state index < -0.39 is 0 Å². The molecule has 0 N–H and O–H groups in total. The SMILES string of the molecule is Cc1ccc(Cl)cc1C(=O)CCCBr. The van der Waals surface area contributed by atoms with Crippen molar-refractivity contribution in [3.8, 4) is 0 Å². The van der Waals surface area contributed by atoms with Gasteiger partial charge in [0.05, 0.1) is 0 Å². The van der Waals surface area contributed by atoms with Crippen LogP contribution < -0.4 is 0 Å². The minimum Gasteiger partial charge on any atom is -0.294 e. The quantitative estimate of drug-likeness (QED) is 0.599. The Labute approximate surface area is 97.6 Å². The standard InChI is InChI=1S/C11H12BrClO/c1-8-4-5-9(13)7-10(8)11(14)3-2-6-12/h4-5,7H,2-3,6H2,1H3. The molecule has 3 heteroatoms. The van der Waals surface area contributed by atoms with E-state index in [9.17, 15) is 4.79 Å². The molecule has 1 aromatic carbocycles. The second kappa shape index (κ2) is 5.52. The van der Waals surface area contributed by atoms with Gasteiger partial charge in [-0.05, 0) is 31.0 Å². The van der Waals surface area contributed by atoms with Crippen molar-refractivity contribution in [1.82, 2.24) is 0 Å². The Morgan fingerprint density at radius 1 is 1.50 bits per heavy atom. The third-order valence-corrected chi connectivity index (χ3v) is 2.83. The molecule has 0 radical (unpaired) electrons. The van der Waals surface area contributed by atoms with Crippen molar-refractivity contribution in [3.63, 3.8) is 0 Å². The average Bonchev–Trinajstić information content (AvgIpc) is 2.18. The lowest BCUT2D eigenvalue weighted by atomic mass is 10.0. The molecule has 0 saturated carbocycles. The van der Waals surface area contributed by atoms with E-state index in [2.05, 4.69) is 15.9 Å². The number of carbonyl (C=O) groups excluding carboxylic acids is 1. The van der Waals surface area contributed by atoms with E-state index >= 15 is 0 Å². The molecule has 0 aliphatic rings.